The van der Waals surface area contributed by atoms with Gasteiger partial charge in [-0.1, -0.05) is 6.92 Å². The van der Waals surface area contributed by atoms with E-state index in [2.05, 4.69) is 5.32 Å². The van der Waals surface area contributed by atoms with Crippen molar-refractivity contribution >= 4 is 5.91 Å². The predicted octanol–water partition coefficient (Wildman–Crippen LogP) is 1.90. The maximum absolute atomic E-state index is 12.1. The van der Waals surface area contributed by atoms with E-state index in [9.17, 15) is 9.90 Å². The lowest BCUT2D eigenvalue weighted by Gasteiger charge is -2.13. The predicted molar refractivity (Wildman–Crippen MR) is 77.5 cm³/mol. The minimum absolute atomic E-state index is 0.204. The molecular formula is C15H23NO4. The number of rotatable bonds is 7. The van der Waals surface area contributed by atoms with Crippen LogP contribution >= 0.6 is 0 Å². The van der Waals surface area contributed by atoms with Gasteiger partial charge in [-0.25, -0.2) is 0 Å². The Morgan fingerprint density at radius 1 is 1.30 bits per heavy atom. The minimum atomic E-state index is -0.377. The second kappa shape index (κ2) is 7.75. The van der Waals surface area contributed by atoms with Crippen LogP contribution in [-0.2, 0) is 0 Å². The first-order valence-corrected chi connectivity index (χ1v) is 6.72. The van der Waals surface area contributed by atoms with Gasteiger partial charge < -0.3 is 19.9 Å². The molecule has 0 aliphatic carbocycles. The van der Waals surface area contributed by atoms with Crippen LogP contribution in [0.15, 0.2) is 12.1 Å². The Morgan fingerprint density at radius 2 is 1.85 bits per heavy atom. The first-order chi connectivity index (χ1) is 9.53. The highest BCUT2D eigenvalue weighted by molar-refractivity contribution is 5.95. The van der Waals surface area contributed by atoms with E-state index in [1.54, 1.807) is 26.4 Å². The van der Waals surface area contributed by atoms with Crippen LogP contribution in [-0.4, -0.2) is 37.9 Å². The van der Waals surface area contributed by atoms with E-state index in [4.69, 9.17) is 9.47 Å². The molecule has 5 heteroatoms. The number of nitrogens with one attached hydrogen (secondary N) is 1. The highest BCUT2D eigenvalue weighted by Crippen LogP contribution is 2.29. The van der Waals surface area contributed by atoms with Crippen LogP contribution in [0.4, 0.5) is 0 Å². The molecule has 1 amide bonds. The number of methoxy groups -OCH3 is 2. The number of carbonyl (C=O) groups is 1. The molecule has 0 bridgehead atoms. The van der Waals surface area contributed by atoms with Gasteiger partial charge in [-0.2, -0.15) is 0 Å². The molecule has 0 fully saturated rings. The zero-order valence-corrected chi connectivity index (χ0v) is 12.5. The van der Waals surface area contributed by atoms with Crippen LogP contribution in [0.2, 0.25) is 0 Å². The molecule has 2 N–H and O–H groups in total. The second-order valence-electron chi connectivity index (χ2n) is 4.61. The summed E-state index contributed by atoms with van der Waals surface area (Å²) in [4.78, 5) is 12.1. The number of hydrogen-bond acceptors (Lipinski definition) is 4. The van der Waals surface area contributed by atoms with Crippen LogP contribution in [0.1, 0.15) is 35.7 Å². The van der Waals surface area contributed by atoms with Gasteiger partial charge in [0.25, 0.3) is 5.91 Å². The summed E-state index contributed by atoms with van der Waals surface area (Å²) in [5.41, 5.74) is 1.34. The third kappa shape index (κ3) is 4.13. The Labute approximate surface area is 119 Å². The van der Waals surface area contributed by atoms with Crippen molar-refractivity contribution < 1.29 is 19.4 Å². The smallest absolute Gasteiger partial charge is 0.251 e. The Kier molecular flexibility index (Phi) is 6.31. The fourth-order valence-corrected chi connectivity index (χ4v) is 1.88. The van der Waals surface area contributed by atoms with Gasteiger partial charge in [0.15, 0.2) is 0 Å². The summed E-state index contributed by atoms with van der Waals surface area (Å²) >= 11 is 0. The largest absolute Gasteiger partial charge is 0.496 e. The Balaban J connectivity index is 2.77. The van der Waals surface area contributed by atoms with Crippen molar-refractivity contribution in [3.05, 3.63) is 23.3 Å². The van der Waals surface area contributed by atoms with E-state index >= 15 is 0 Å². The molecular weight excluding hydrogens is 258 g/mol. The lowest BCUT2D eigenvalue weighted by Crippen LogP contribution is -2.27. The van der Waals surface area contributed by atoms with Gasteiger partial charge in [-0.05, 0) is 31.9 Å². The molecule has 0 radical (unpaired) electrons. The molecule has 5 nitrogen and oxygen atoms in total. The van der Waals surface area contributed by atoms with E-state index in [1.165, 1.54) is 0 Å². The summed E-state index contributed by atoms with van der Waals surface area (Å²) in [6.45, 7) is 4.21. The summed E-state index contributed by atoms with van der Waals surface area (Å²) in [7, 11) is 3.11. The lowest BCUT2D eigenvalue weighted by atomic mass is 10.1. The Hall–Kier alpha value is -1.75. The quantitative estimate of drug-likeness (QED) is 0.801. The third-order valence-electron chi connectivity index (χ3n) is 3.25. The van der Waals surface area contributed by atoms with E-state index in [-0.39, 0.29) is 12.0 Å². The van der Waals surface area contributed by atoms with Gasteiger partial charge in [0.2, 0.25) is 0 Å². The SMILES string of the molecule is CCC(O)CCNC(=O)c1cc(OC)c(C)c(OC)c1. The topological polar surface area (TPSA) is 67.8 Å². The van der Waals surface area contributed by atoms with Crippen LogP contribution in [0.5, 0.6) is 11.5 Å². The molecule has 0 aromatic heterocycles. The molecule has 0 spiro atoms. The Bertz CT molecular complexity index is 434. The number of aliphatic hydroxyl groups is 1. The van der Waals surface area contributed by atoms with Crippen LogP contribution in [0.25, 0.3) is 0 Å². The highest BCUT2D eigenvalue weighted by Gasteiger charge is 2.13. The number of amides is 1. The van der Waals surface area contributed by atoms with Gasteiger partial charge in [0.05, 0.1) is 20.3 Å². The van der Waals surface area contributed by atoms with Crippen molar-refractivity contribution in [1.82, 2.24) is 5.32 Å². The first kappa shape index (κ1) is 16.3. The molecule has 1 unspecified atom stereocenters. The molecule has 0 saturated carbocycles. The normalized spacial score (nSPS) is 11.8. The number of aliphatic hydroxyl groups excluding tert-OH is 1. The summed E-state index contributed by atoms with van der Waals surface area (Å²) < 4.78 is 10.5. The number of hydrogen-bond donors (Lipinski definition) is 2. The molecule has 0 aliphatic heterocycles. The lowest BCUT2D eigenvalue weighted by molar-refractivity contribution is 0.0941. The van der Waals surface area contributed by atoms with Crippen molar-refractivity contribution in [3.8, 4) is 11.5 Å². The minimum Gasteiger partial charge on any atom is -0.496 e. The van der Waals surface area contributed by atoms with Crippen LogP contribution in [0, 0.1) is 6.92 Å². The average Bonchev–Trinajstić information content (AvgIpc) is 2.46. The zero-order valence-electron chi connectivity index (χ0n) is 12.5. The molecule has 0 heterocycles. The summed E-state index contributed by atoms with van der Waals surface area (Å²) in [5.74, 6) is 1.02. The molecule has 1 rings (SSSR count). The van der Waals surface area contributed by atoms with Crippen molar-refractivity contribution in [2.75, 3.05) is 20.8 Å². The zero-order chi connectivity index (χ0) is 15.1. The summed E-state index contributed by atoms with van der Waals surface area (Å²) in [6, 6.07) is 3.37. The highest BCUT2D eigenvalue weighted by atomic mass is 16.5. The molecule has 1 aromatic rings. The van der Waals surface area contributed by atoms with E-state index < -0.39 is 0 Å². The maximum Gasteiger partial charge on any atom is 0.251 e. The average molecular weight is 281 g/mol. The molecule has 1 aromatic carbocycles. The van der Waals surface area contributed by atoms with E-state index in [0.717, 1.165) is 5.56 Å². The number of benzene rings is 1. The van der Waals surface area contributed by atoms with Crippen molar-refractivity contribution in [2.24, 2.45) is 0 Å². The molecule has 112 valence electrons. The molecule has 20 heavy (non-hydrogen) atoms. The van der Waals surface area contributed by atoms with Crippen LogP contribution in [0.3, 0.4) is 0 Å². The fraction of sp³-hybridized carbons (Fsp3) is 0.533. The van der Waals surface area contributed by atoms with Crippen LogP contribution < -0.4 is 14.8 Å². The molecule has 0 saturated heterocycles. The van der Waals surface area contributed by atoms with Crippen molar-refractivity contribution in [3.63, 3.8) is 0 Å². The summed E-state index contributed by atoms with van der Waals surface area (Å²) in [5, 5.41) is 12.2. The monoisotopic (exact) mass is 281 g/mol. The van der Waals surface area contributed by atoms with Gasteiger partial charge >= 0.3 is 0 Å². The van der Waals surface area contributed by atoms with E-state index in [0.29, 0.717) is 36.4 Å². The van der Waals surface area contributed by atoms with E-state index in [1.807, 2.05) is 13.8 Å². The van der Waals surface area contributed by atoms with Gasteiger partial charge in [-0.15, -0.1) is 0 Å². The fourth-order valence-electron chi connectivity index (χ4n) is 1.88. The third-order valence-corrected chi connectivity index (χ3v) is 3.25. The van der Waals surface area contributed by atoms with Crippen molar-refractivity contribution in [1.29, 1.82) is 0 Å². The maximum atomic E-state index is 12.1. The summed E-state index contributed by atoms with van der Waals surface area (Å²) in [6.07, 6.45) is 0.849. The van der Waals surface area contributed by atoms with Gasteiger partial charge in [0.1, 0.15) is 11.5 Å². The molecule has 0 aliphatic rings. The number of carbonyl (C=O) groups excluding carboxylic acids is 1. The standard InChI is InChI=1S/C15H23NO4/c1-5-12(17)6-7-16-15(18)11-8-13(19-3)10(2)14(9-11)20-4/h8-9,12,17H,5-7H2,1-4H3,(H,16,18). The number of ether oxygens (including phenoxy) is 2. The van der Waals surface area contributed by atoms with Gasteiger partial charge in [0, 0.05) is 17.7 Å². The second-order valence-corrected chi connectivity index (χ2v) is 4.61. The van der Waals surface area contributed by atoms with Gasteiger partial charge in [-0.3, -0.25) is 4.79 Å². The van der Waals surface area contributed by atoms with Crippen molar-refractivity contribution in [2.45, 2.75) is 32.8 Å². The first-order valence-electron chi connectivity index (χ1n) is 6.72. The Morgan fingerprint density at radius 3 is 2.30 bits per heavy atom. The molecule has 1 atom stereocenters.